The van der Waals surface area contributed by atoms with Gasteiger partial charge in [0, 0.05) is 31.3 Å². The zero-order valence-corrected chi connectivity index (χ0v) is 12.8. The maximum Gasteiger partial charge on any atom is 0.269 e. The Morgan fingerprint density at radius 3 is 2.71 bits per heavy atom. The topological polar surface area (TPSA) is 106 Å². The lowest BCUT2D eigenvalue weighted by Crippen LogP contribution is -2.36. The summed E-state index contributed by atoms with van der Waals surface area (Å²) in [7, 11) is 0. The first-order valence-corrected chi connectivity index (χ1v) is 7.40. The minimum atomic E-state index is -0.437. The van der Waals surface area contributed by atoms with Crippen LogP contribution >= 0.6 is 0 Å². The van der Waals surface area contributed by atoms with Crippen LogP contribution in [-0.4, -0.2) is 47.4 Å². The molecule has 124 valence electrons. The molecule has 24 heavy (non-hydrogen) atoms. The fourth-order valence-electron chi connectivity index (χ4n) is 2.23. The SMILES string of the molecule is O=[N+]([O-])c1ccc(/C=N/Nc2cc(N3CCOCC3)ncn2)cc1. The first-order valence-electron chi connectivity index (χ1n) is 7.40. The second kappa shape index (κ2) is 7.47. The van der Waals surface area contributed by atoms with Gasteiger partial charge in [-0.1, -0.05) is 0 Å². The van der Waals surface area contributed by atoms with Crippen molar-refractivity contribution in [3.63, 3.8) is 0 Å². The first-order chi connectivity index (χ1) is 11.7. The number of aromatic nitrogens is 2. The standard InChI is InChI=1S/C15H16N6O3/c22-21(23)13-3-1-12(2-4-13)10-18-19-14-9-15(17-11-16-14)20-5-7-24-8-6-20/h1-4,9-11H,5-8H2,(H,16,17,19)/b18-10+. The summed E-state index contributed by atoms with van der Waals surface area (Å²) < 4.78 is 5.32. The van der Waals surface area contributed by atoms with Crippen LogP contribution < -0.4 is 10.3 Å². The molecule has 1 aliphatic rings. The predicted molar refractivity (Wildman–Crippen MR) is 89.4 cm³/mol. The summed E-state index contributed by atoms with van der Waals surface area (Å²) in [5, 5.41) is 14.7. The van der Waals surface area contributed by atoms with E-state index in [-0.39, 0.29) is 5.69 Å². The Kier molecular flexibility index (Phi) is 4.92. The quantitative estimate of drug-likeness (QED) is 0.505. The number of non-ortho nitro benzene ring substituents is 1. The van der Waals surface area contributed by atoms with Gasteiger partial charge in [0.1, 0.15) is 12.1 Å². The van der Waals surface area contributed by atoms with Crippen molar-refractivity contribution in [1.29, 1.82) is 0 Å². The Labute approximate surface area is 138 Å². The summed E-state index contributed by atoms with van der Waals surface area (Å²) in [4.78, 5) is 20.7. The summed E-state index contributed by atoms with van der Waals surface area (Å²) in [5.74, 6) is 1.39. The van der Waals surface area contributed by atoms with E-state index in [9.17, 15) is 10.1 Å². The molecule has 1 saturated heterocycles. The number of nitro benzene ring substituents is 1. The molecular weight excluding hydrogens is 312 g/mol. The van der Waals surface area contributed by atoms with Crippen molar-refractivity contribution in [2.75, 3.05) is 36.6 Å². The number of benzene rings is 1. The Morgan fingerprint density at radius 1 is 1.25 bits per heavy atom. The summed E-state index contributed by atoms with van der Waals surface area (Å²) in [6.07, 6.45) is 3.05. The fourth-order valence-corrected chi connectivity index (χ4v) is 2.23. The van der Waals surface area contributed by atoms with Gasteiger partial charge in [0.05, 0.1) is 24.4 Å². The third-order valence-electron chi connectivity index (χ3n) is 3.48. The van der Waals surface area contributed by atoms with E-state index in [1.54, 1.807) is 18.3 Å². The summed E-state index contributed by atoms with van der Waals surface area (Å²) in [6, 6.07) is 7.94. The molecule has 2 heterocycles. The van der Waals surface area contributed by atoms with Gasteiger partial charge in [0.2, 0.25) is 0 Å². The highest BCUT2D eigenvalue weighted by Gasteiger charge is 2.12. The summed E-state index contributed by atoms with van der Waals surface area (Å²) in [6.45, 7) is 2.96. The smallest absolute Gasteiger partial charge is 0.269 e. The van der Waals surface area contributed by atoms with E-state index in [4.69, 9.17) is 4.74 Å². The van der Waals surface area contributed by atoms with Gasteiger partial charge in [-0.25, -0.2) is 9.97 Å². The highest BCUT2D eigenvalue weighted by molar-refractivity contribution is 5.80. The number of hydrogen-bond acceptors (Lipinski definition) is 8. The zero-order chi connectivity index (χ0) is 16.8. The van der Waals surface area contributed by atoms with Crippen molar-refractivity contribution in [1.82, 2.24) is 9.97 Å². The number of morpholine rings is 1. The molecule has 2 aromatic rings. The highest BCUT2D eigenvalue weighted by atomic mass is 16.6. The lowest BCUT2D eigenvalue weighted by Gasteiger charge is -2.27. The van der Waals surface area contributed by atoms with Crippen LogP contribution in [0.25, 0.3) is 0 Å². The van der Waals surface area contributed by atoms with Crippen molar-refractivity contribution in [3.8, 4) is 0 Å². The normalized spacial score (nSPS) is 14.8. The number of hydrazone groups is 1. The number of nitrogens with one attached hydrogen (secondary N) is 1. The summed E-state index contributed by atoms with van der Waals surface area (Å²) >= 11 is 0. The Bertz CT molecular complexity index is 728. The summed E-state index contributed by atoms with van der Waals surface area (Å²) in [5.41, 5.74) is 3.63. The van der Waals surface area contributed by atoms with Crippen LogP contribution in [0, 0.1) is 10.1 Å². The van der Waals surface area contributed by atoms with Gasteiger partial charge in [0.25, 0.3) is 5.69 Å². The molecule has 1 aromatic heterocycles. The van der Waals surface area contributed by atoms with E-state index in [1.807, 2.05) is 6.07 Å². The predicted octanol–water partition coefficient (Wildman–Crippen LogP) is 1.67. The molecule has 1 aliphatic heterocycles. The van der Waals surface area contributed by atoms with Crippen LogP contribution in [0.1, 0.15) is 5.56 Å². The van der Waals surface area contributed by atoms with Gasteiger partial charge >= 0.3 is 0 Å². The van der Waals surface area contributed by atoms with E-state index in [2.05, 4.69) is 25.4 Å². The van der Waals surface area contributed by atoms with E-state index >= 15 is 0 Å². The number of hydrogen-bond donors (Lipinski definition) is 1. The number of anilines is 2. The van der Waals surface area contributed by atoms with Crippen LogP contribution in [0.3, 0.4) is 0 Å². The van der Waals surface area contributed by atoms with Gasteiger partial charge in [-0.3, -0.25) is 15.5 Å². The van der Waals surface area contributed by atoms with Gasteiger partial charge in [-0.15, -0.1) is 0 Å². The van der Waals surface area contributed by atoms with Crippen LogP contribution in [0.2, 0.25) is 0 Å². The van der Waals surface area contributed by atoms with Crippen molar-refractivity contribution in [2.24, 2.45) is 5.10 Å². The average molecular weight is 328 g/mol. The Hall–Kier alpha value is -3.07. The highest BCUT2D eigenvalue weighted by Crippen LogP contribution is 2.15. The molecule has 0 radical (unpaired) electrons. The lowest BCUT2D eigenvalue weighted by atomic mass is 10.2. The Balaban J connectivity index is 1.62. The largest absolute Gasteiger partial charge is 0.378 e. The third kappa shape index (κ3) is 4.02. The van der Waals surface area contributed by atoms with Crippen molar-refractivity contribution in [2.45, 2.75) is 0 Å². The van der Waals surface area contributed by atoms with Crippen molar-refractivity contribution >= 4 is 23.5 Å². The van der Waals surface area contributed by atoms with Crippen LogP contribution in [0.4, 0.5) is 17.3 Å². The average Bonchev–Trinajstić information content (AvgIpc) is 2.63. The van der Waals surface area contributed by atoms with Crippen LogP contribution in [-0.2, 0) is 4.74 Å². The molecule has 1 N–H and O–H groups in total. The third-order valence-corrected chi connectivity index (χ3v) is 3.48. The molecule has 9 nitrogen and oxygen atoms in total. The molecule has 0 amide bonds. The fraction of sp³-hybridized carbons (Fsp3) is 0.267. The van der Waals surface area contributed by atoms with Gasteiger partial charge in [-0.05, 0) is 17.7 Å². The van der Waals surface area contributed by atoms with E-state index in [0.29, 0.717) is 19.0 Å². The molecule has 3 rings (SSSR count). The van der Waals surface area contributed by atoms with Gasteiger partial charge in [-0.2, -0.15) is 5.10 Å². The lowest BCUT2D eigenvalue weighted by molar-refractivity contribution is -0.384. The molecule has 0 unspecified atom stereocenters. The van der Waals surface area contributed by atoms with E-state index < -0.39 is 4.92 Å². The second-order valence-corrected chi connectivity index (χ2v) is 5.08. The molecule has 0 aliphatic carbocycles. The molecule has 1 aromatic carbocycles. The monoisotopic (exact) mass is 328 g/mol. The molecule has 0 spiro atoms. The van der Waals surface area contributed by atoms with Crippen molar-refractivity contribution in [3.05, 3.63) is 52.3 Å². The minimum absolute atomic E-state index is 0.0473. The second-order valence-electron chi connectivity index (χ2n) is 5.08. The number of nitrogens with zero attached hydrogens (tertiary/aromatic N) is 5. The van der Waals surface area contributed by atoms with E-state index in [1.165, 1.54) is 18.5 Å². The Morgan fingerprint density at radius 2 is 2.00 bits per heavy atom. The van der Waals surface area contributed by atoms with E-state index in [0.717, 1.165) is 24.5 Å². The number of ether oxygens (including phenoxy) is 1. The van der Waals surface area contributed by atoms with Crippen LogP contribution in [0.15, 0.2) is 41.8 Å². The van der Waals surface area contributed by atoms with Gasteiger partial charge in [0.15, 0.2) is 5.82 Å². The number of nitro groups is 1. The first kappa shape index (κ1) is 15.8. The molecule has 0 saturated carbocycles. The molecule has 9 heteroatoms. The van der Waals surface area contributed by atoms with Crippen LogP contribution in [0.5, 0.6) is 0 Å². The molecular formula is C15H16N6O3. The minimum Gasteiger partial charge on any atom is -0.378 e. The zero-order valence-electron chi connectivity index (χ0n) is 12.8. The molecule has 1 fully saturated rings. The molecule has 0 atom stereocenters. The number of rotatable bonds is 5. The van der Waals surface area contributed by atoms with Crippen molar-refractivity contribution < 1.29 is 9.66 Å². The maximum atomic E-state index is 10.6. The maximum absolute atomic E-state index is 10.6. The molecule has 0 bridgehead atoms. The van der Waals surface area contributed by atoms with Gasteiger partial charge < -0.3 is 9.64 Å².